The summed E-state index contributed by atoms with van der Waals surface area (Å²) in [6, 6.07) is 21.9. The first-order chi connectivity index (χ1) is 14.7. The Labute approximate surface area is 180 Å². The van der Waals surface area contributed by atoms with Gasteiger partial charge in [0.25, 0.3) is 5.91 Å². The molecular formula is C23H21ClN2O4. The van der Waals surface area contributed by atoms with Crippen LogP contribution in [0.3, 0.4) is 0 Å². The van der Waals surface area contributed by atoms with Gasteiger partial charge in [-0.25, -0.2) is 5.43 Å². The Morgan fingerprint density at radius 2 is 1.77 bits per heavy atom. The summed E-state index contributed by atoms with van der Waals surface area (Å²) < 4.78 is 16.6. The van der Waals surface area contributed by atoms with Gasteiger partial charge in [0.1, 0.15) is 12.4 Å². The van der Waals surface area contributed by atoms with Gasteiger partial charge in [0.2, 0.25) is 0 Å². The smallest absolute Gasteiger partial charge is 0.277 e. The first kappa shape index (κ1) is 21.2. The molecule has 0 aliphatic heterocycles. The lowest BCUT2D eigenvalue weighted by Gasteiger charge is -2.12. The van der Waals surface area contributed by atoms with Gasteiger partial charge < -0.3 is 14.2 Å². The number of hydrogen-bond acceptors (Lipinski definition) is 5. The van der Waals surface area contributed by atoms with Gasteiger partial charge in [-0.05, 0) is 42.0 Å². The Kier molecular flexibility index (Phi) is 7.69. The summed E-state index contributed by atoms with van der Waals surface area (Å²) in [6.07, 6.45) is 1.51. The standard InChI is InChI=1S/C23H21ClN2O4/c1-28-22-13-17(11-12-21(22)30-15-18-7-5-6-10-20(18)24)14-25-26-23(27)16-29-19-8-3-2-4-9-19/h2-14H,15-16H2,1H3,(H,26,27)/b25-14+. The molecule has 0 bridgehead atoms. The molecule has 0 aliphatic rings. The Morgan fingerprint density at radius 3 is 2.53 bits per heavy atom. The van der Waals surface area contributed by atoms with E-state index >= 15 is 0 Å². The van der Waals surface area contributed by atoms with E-state index in [0.717, 1.165) is 11.1 Å². The number of ether oxygens (including phenoxy) is 3. The predicted octanol–water partition coefficient (Wildman–Crippen LogP) is 4.46. The van der Waals surface area contributed by atoms with Crippen molar-refractivity contribution in [2.24, 2.45) is 5.10 Å². The minimum absolute atomic E-state index is 0.125. The Bertz CT molecular complexity index is 1010. The zero-order valence-electron chi connectivity index (χ0n) is 16.4. The summed E-state index contributed by atoms with van der Waals surface area (Å²) in [6.45, 7) is 0.195. The number of halogens is 1. The molecule has 0 saturated heterocycles. The van der Waals surface area contributed by atoms with Crippen LogP contribution in [-0.2, 0) is 11.4 Å². The number of hydrogen-bond donors (Lipinski definition) is 1. The topological polar surface area (TPSA) is 69.2 Å². The van der Waals surface area contributed by atoms with Gasteiger partial charge >= 0.3 is 0 Å². The molecule has 3 aromatic carbocycles. The van der Waals surface area contributed by atoms with Crippen LogP contribution >= 0.6 is 11.6 Å². The van der Waals surface area contributed by atoms with E-state index in [1.165, 1.54) is 6.21 Å². The average Bonchev–Trinajstić information content (AvgIpc) is 2.78. The zero-order chi connectivity index (χ0) is 21.2. The first-order valence-electron chi connectivity index (χ1n) is 9.19. The number of benzene rings is 3. The molecule has 0 unspecified atom stereocenters. The highest BCUT2D eigenvalue weighted by Gasteiger charge is 2.07. The van der Waals surface area contributed by atoms with Crippen LogP contribution in [0.5, 0.6) is 17.2 Å². The van der Waals surface area contributed by atoms with Crippen molar-refractivity contribution in [1.29, 1.82) is 0 Å². The lowest BCUT2D eigenvalue weighted by atomic mass is 10.2. The summed E-state index contributed by atoms with van der Waals surface area (Å²) >= 11 is 6.16. The minimum atomic E-state index is -0.359. The summed E-state index contributed by atoms with van der Waals surface area (Å²) in [5.74, 6) is 1.38. The molecule has 1 amide bonds. The molecule has 6 nitrogen and oxygen atoms in total. The molecule has 0 aromatic heterocycles. The highest BCUT2D eigenvalue weighted by molar-refractivity contribution is 6.31. The third-order valence-electron chi connectivity index (χ3n) is 4.04. The number of carbonyl (C=O) groups excluding carboxylic acids is 1. The monoisotopic (exact) mass is 424 g/mol. The van der Waals surface area contributed by atoms with Gasteiger partial charge in [-0.2, -0.15) is 5.10 Å². The number of rotatable bonds is 9. The van der Waals surface area contributed by atoms with Crippen LogP contribution in [0.1, 0.15) is 11.1 Å². The van der Waals surface area contributed by atoms with Crippen molar-refractivity contribution in [2.45, 2.75) is 6.61 Å². The van der Waals surface area contributed by atoms with Crippen LogP contribution in [0.4, 0.5) is 0 Å². The van der Waals surface area contributed by atoms with Crippen molar-refractivity contribution in [3.05, 3.63) is 88.9 Å². The van der Waals surface area contributed by atoms with Gasteiger partial charge in [0.15, 0.2) is 18.1 Å². The second kappa shape index (κ2) is 10.9. The molecule has 1 N–H and O–H groups in total. The molecule has 0 heterocycles. The van der Waals surface area contributed by atoms with Gasteiger partial charge in [0, 0.05) is 10.6 Å². The van der Waals surface area contributed by atoms with Crippen LogP contribution in [0.15, 0.2) is 77.9 Å². The molecule has 0 fully saturated rings. The fourth-order valence-corrected chi connectivity index (χ4v) is 2.72. The summed E-state index contributed by atoms with van der Waals surface area (Å²) in [7, 11) is 1.56. The van der Waals surface area contributed by atoms with Crippen LogP contribution < -0.4 is 19.6 Å². The van der Waals surface area contributed by atoms with E-state index < -0.39 is 0 Å². The first-order valence-corrected chi connectivity index (χ1v) is 9.57. The van der Waals surface area contributed by atoms with E-state index in [1.54, 1.807) is 37.4 Å². The van der Waals surface area contributed by atoms with Gasteiger partial charge in [-0.15, -0.1) is 0 Å². The molecule has 0 atom stereocenters. The average molecular weight is 425 g/mol. The molecule has 7 heteroatoms. The van der Waals surface area contributed by atoms with Crippen molar-refractivity contribution >= 4 is 23.7 Å². The quantitative estimate of drug-likeness (QED) is 0.407. The highest BCUT2D eigenvalue weighted by atomic mass is 35.5. The van der Waals surface area contributed by atoms with Gasteiger partial charge in [-0.1, -0.05) is 48.0 Å². The maximum atomic E-state index is 11.8. The third kappa shape index (κ3) is 6.25. The number of carbonyl (C=O) groups is 1. The molecule has 30 heavy (non-hydrogen) atoms. The lowest BCUT2D eigenvalue weighted by molar-refractivity contribution is -0.123. The normalized spacial score (nSPS) is 10.6. The number of methoxy groups -OCH3 is 1. The van der Waals surface area contributed by atoms with E-state index in [1.807, 2.05) is 42.5 Å². The number of hydrazone groups is 1. The van der Waals surface area contributed by atoms with Crippen molar-refractivity contribution in [3.63, 3.8) is 0 Å². The molecule has 0 saturated carbocycles. The third-order valence-corrected chi connectivity index (χ3v) is 4.41. The number of amides is 1. The molecule has 3 aromatic rings. The number of para-hydroxylation sites is 1. The number of nitrogens with zero attached hydrogens (tertiary/aromatic N) is 1. The number of nitrogens with one attached hydrogen (secondary N) is 1. The summed E-state index contributed by atoms with van der Waals surface area (Å²) in [5.41, 5.74) is 4.04. The van der Waals surface area contributed by atoms with Crippen molar-refractivity contribution < 1.29 is 19.0 Å². The van der Waals surface area contributed by atoms with Gasteiger partial charge in [0.05, 0.1) is 13.3 Å². The second-order valence-corrected chi connectivity index (χ2v) is 6.59. The molecule has 3 rings (SSSR count). The molecular weight excluding hydrogens is 404 g/mol. The van der Waals surface area contributed by atoms with Crippen molar-refractivity contribution in [2.75, 3.05) is 13.7 Å². The van der Waals surface area contributed by atoms with Crippen LogP contribution in [0.25, 0.3) is 0 Å². The van der Waals surface area contributed by atoms with E-state index in [2.05, 4.69) is 10.5 Å². The Morgan fingerprint density at radius 1 is 1.00 bits per heavy atom. The molecule has 0 aliphatic carbocycles. The Balaban J connectivity index is 1.53. The molecule has 0 spiro atoms. The second-order valence-electron chi connectivity index (χ2n) is 6.19. The zero-order valence-corrected chi connectivity index (χ0v) is 17.1. The lowest BCUT2D eigenvalue weighted by Crippen LogP contribution is -2.24. The summed E-state index contributed by atoms with van der Waals surface area (Å²) in [4.78, 5) is 11.8. The maximum absolute atomic E-state index is 11.8. The van der Waals surface area contributed by atoms with Crippen molar-refractivity contribution in [3.8, 4) is 17.2 Å². The highest BCUT2D eigenvalue weighted by Crippen LogP contribution is 2.29. The SMILES string of the molecule is COc1cc(/C=N/NC(=O)COc2ccccc2)ccc1OCc1ccccc1Cl. The fourth-order valence-electron chi connectivity index (χ4n) is 2.53. The van der Waals surface area contributed by atoms with E-state index in [4.69, 9.17) is 25.8 Å². The predicted molar refractivity (Wildman–Crippen MR) is 116 cm³/mol. The van der Waals surface area contributed by atoms with Crippen LogP contribution in [0, 0.1) is 0 Å². The van der Waals surface area contributed by atoms with E-state index in [-0.39, 0.29) is 12.5 Å². The maximum Gasteiger partial charge on any atom is 0.277 e. The van der Waals surface area contributed by atoms with Crippen LogP contribution in [-0.4, -0.2) is 25.8 Å². The van der Waals surface area contributed by atoms with Crippen molar-refractivity contribution in [1.82, 2.24) is 5.43 Å². The fraction of sp³-hybridized carbons (Fsp3) is 0.130. The van der Waals surface area contributed by atoms with E-state index in [9.17, 15) is 4.79 Å². The summed E-state index contributed by atoms with van der Waals surface area (Å²) in [5, 5.41) is 4.59. The van der Waals surface area contributed by atoms with Gasteiger partial charge in [-0.3, -0.25) is 4.79 Å². The largest absolute Gasteiger partial charge is 0.493 e. The molecule has 0 radical (unpaired) electrons. The van der Waals surface area contributed by atoms with Crippen LogP contribution in [0.2, 0.25) is 5.02 Å². The molecule has 154 valence electrons. The minimum Gasteiger partial charge on any atom is -0.493 e. The Hall–Kier alpha value is -3.51. The van der Waals surface area contributed by atoms with E-state index in [0.29, 0.717) is 28.9 Å².